The van der Waals surface area contributed by atoms with Gasteiger partial charge in [0.2, 0.25) is 0 Å². The van der Waals surface area contributed by atoms with E-state index in [0.29, 0.717) is 0 Å². The van der Waals surface area contributed by atoms with Crippen molar-refractivity contribution in [2.45, 2.75) is 6.54 Å². The molecular weight excluding hydrogens is 257 g/mol. The quantitative estimate of drug-likeness (QED) is 0.585. The van der Waals surface area contributed by atoms with Gasteiger partial charge in [-0.2, -0.15) is 4.68 Å². The maximum absolute atomic E-state index is 13.4. The van der Waals surface area contributed by atoms with Crippen molar-refractivity contribution in [3.05, 3.63) is 57.5 Å². The lowest BCUT2D eigenvalue weighted by molar-refractivity contribution is -0.389. The van der Waals surface area contributed by atoms with Crippen LogP contribution < -0.4 is 5.11 Å². The molecule has 7 nitrogen and oxygen atoms in total. The summed E-state index contributed by atoms with van der Waals surface area (Å²) in [7, 11) is 0. The summed E-state index contributed by atoms with van der Waals surface area (Å²) >= 11 is 0. The van der Waals surface area contributed by atoms with Crippen molar-refractivity contribution in [1.82, 2.24) is 9.78 Å². The first-order chi connectivity index (χ1) is 8.99. The highest BCUT2D eigenvalue weighted by atomic mass is 19.1. The molecule has 0 N–H and O–H groups in total. The van der Waals surface area contributed by atoms with Crippen molar-refractivity contribution >= 4 is 11.8 Å². The highest BCUT2D eigenvalue weighted by Gasteiger charge is 2.19. The van der Waals surface area contributed by atoms with Gasteiger partial charge in [-0.25, -0.2) is 4.39 Å². The summed E-state index contributed by atoms with van der Waals surface area (Å²) in [5, 5.41) is 24.9. The summed E-state index contributed by atoms with van der Waals surface area (Å²) in [5.41, 5.74) is -0.307. The van der Waals surface area contributed by atoms with E-state index in [1.54, 1.807) is 6.07 Å². The second kappa shape index (κ2) is 4.84. The molecule has 0 unspecified atom stereocenters. The minimum Gasteiger partial charge on any atom is -0.543 e. The number of halogens is 1. The Kier molecular flexibility index (Phi) is 3.23. The first kappa shape index (κ1) is 12.7. The normalized spacial score (nSPS) is 10.4. The van der Waals surface area contributed by atoms with Crippen molar-refractivity contribution in [2.75, 3.05) is 0 Å². The van der Waals surface area contributed by atoms with Gasteiger partial charge in [0.1, 0.15) is 11.5 Å². The molecule has 0 saturated heterocycles. The van der Waals surface area contributed by atoms with Crippen LogP contribution in [-0.2, 0) is 6.54 Å². The molecule has 1 heterocycles. The van der Waals surface area contributed by atoms with Crippen molar-refractivity contribution in [2.24, 2.45) is 0 Å². The highest BCUT2D eigenvalue weighted by molar-refractivity contribution is 5.84. The number of carbonyl (C=O) groups is 1. The Bertz CT molecular complexity index is 653. The van der Waals surface area contributed by atoms with Gasteiger partial charge in [0, 0.05) is 5.56 Å². The molecule has 2 rings (SSSR count). The number of hydrogen-bond acceptors (Lipinski definition) is 5. The zero-order valence-electron chi connectivity index (χ0n) is 9.45. The number of rotatable bonds is 4. The number of aromatic nitrogens is 2. The molecule has 98 valence electrons. The van der Waals surface area contributed by atoms with E-state index in [9.17, 15) is 24.4 Å². The maximum Gasteiger partial charge on any atom is 0.390 e. The largest absolute Gasteiger partial charge is 0.543 e. The third-order valence-corrected chi connectivity index (χ3v) is 2.44. The molecule has 0 spiro atoms. The van der Waals surface area contributed by atoms with E-state index >= 15 is 0 Å². The number of carboxylic acids is 1. The average Bonchev–Trinajstić information content (AvgIpc) is 2.76. The molecule has 0 atom stereocenters. The molecule has 2 aromatic rings. The summed E-state index contributed by atoms with van der Waals surface area (Å²) in [6.45, 7) is -0.232. The second-order valence-electron chi connectivity index (χ2n) is 3.68. The van der Waals surface area contributed by atoms with Gasteiger partial charge < -0.3 is 20.0 Å². The molecule has 1 aromatic carbocycles. The van der Waals surface area contributed by atoms with Gasteiger partial charge in [-0.1, -0.05) is 18.2 Å². The Morgan fingerprint density at radius 2 is 2.11 bits per heavy atom. The molecule has 8 heteroatoms. The summed E-state index contributed by atoms with van der Waals surface area (Å²) < 4.78 is 14.3. The van der Waals surface area contributed by atoms with Crippen LogP contribution in [0.25, 0.3) is 0 Å². The van der Waals surface area contributed by atoms with Crippen LogP contribution in [0, 0.1) is 15.9 Å². The standard InChI is InChI=1S/C11H8FN3O4/c12-8-4-2-1-3-7(8)6-14-9(11(16)17)5-10(13-14)15(18)19/h1-5H,6H2,(H,16,17)/p-1. The molecule has 1 aromatic heterocycles. The van der Waals surface area contributed by atoms with Crippen LogP contribution in [0.2, 0.25) is 0 Å². The number of nitrogens with zero attached hydrogens (tertiary/aromatic N) is 3. The van der Waals surface area contributed by atoms with Crippen LogP contribution in [0.1, 0.15) is 16.1 Å². The minimum absolute atomic E-state index is 0.169. The fourth-order valence-electron chi connectivity index (χ4n) is 1.57. The molecule has 0 radical (unpaired) electrons. The molecule has 0 bridgehead atoms. The Balaban J connectivity index is 2.42. The Hall–Kier alpha value is -2.77. The van der Waals surface area contributed by atoms with Crippen LogP contribution in [-0.4, -0.2) is 20.7 Å². The number of benzene rings is 1. The van der Waals surface area contributed by atoms with Crippen molar-refractivity contribution in [3.8, 4) is 0 Å². The Labute approximate surface area is 106 Å². The lowest BCUT2D eigenvalue weighted by Crippen LogP contribution is -2.26. The molecular formula is C11H7FN3O4-. The lowest BCUT2D eigenvalue weighted by atomic mass is 10.2. The van der Waals surface area contributed by atoms with Crippen molar-refractivity contribution < 1.29 is 19.2 Å². The van der Waals surface area contributed by atoms with E-state index in [4.69, 9.17) is 0 Å². The summed E-state index contributed by atoms with van der Waals surface area (Å²) in [4.78, 5) is 20.6. The third-order valence-electron chi connectivity index (χ3n) is 2.44. The minimum atomic E-state index is -1.61. The summed E-state index contributed by atoms with van der Waals surface area (Å²) in [6, 6.07) is 6.45. The van der Waals surface area contributed by atoms with Gasteiger partial charge >= 0.3 is 5.82 Å². The number of aromatic carboxylic acids is 1. The fraction of sp³-hybridized carbons (Fsp3) is 0.0909. The van der Waals surface area contributed by atoms with Gasteiger partial charge in [0.15, 0.2) is 0 Å². The van der Waals surface area contributed by atoms with Gasteiger partial charge in [0.25, 0.3) is 0 Å². The van der Waals surface area contributed by atoms with Crippen molar-refractivity contribution in [3.63, 3.8) is 0 Å². The van der Waals surface area contributed by atoms with Crippen LogP contribution >= 0.6 is 0 Å². The van der Waals surface area contributed by atoms with Gasteiger partial charge in [-0.15, -0.1) is 0 Å². The van der Waals surface area contributed by atoms with E-state index < -0.39 is 28.2 Å². The molecule has 0 fully saturated rings. The first-order valence-corrected chi connectivity index (χ1v) is 5.16. The Morgan fingerprint density at radius 3 is 2.68 bits per heavy atom. The van der Waals surface area contributed by atoms with E-state index in [1.165, 1.54) is 18.2 Å². The van der Waals surface area contributed by atoms with Crippen molar-refractivity contribution in [1.29, 1.82) is 0 Å². The molecule has 0 saturated carbocycles. The first-order valence-electron chi connectivity index (χ1n) is 5.16. The predicted octanol–water partition coefficient (Wildman–Crippen LogP) is 0.342. The zero-order valence-corrected chi connectivity index (χ0v) is 9.45. The lowest BCUT2D eigenvalue weighted by Gasteiger charge is -2.04. The number of carbonyl (C=O) groups excluding carboxylic acids is 1. The average molecular weight is 264 g/mol. The van der Waals surface area contributed by atoms with Gasteiger partial charge in [0.05, 0.1) is 23.7 Å². The van der Waals surface area contributed by atoms with Crippen LogP contribution in [0.15, 0.2) is 30.3 Å². The number of carboxylic acid groups (broad SMARTS) is 1. The van der Waals surface area contributed by atoms with Crippen LogP contribution in [0.5, 0.6) is 0 Å². The third kappa shape index (κ3) is 2.57. The highest BCUT2D eigenvalue weighted by Crippen LogP contribution is 2.15. The number of hydrogen-bond donors (Lipinski definition) is 0. The summed E-state index contributed by atoms with van der Waals surface area (Å²) in [6.07, 6.45) is 0. The molecule has 0 amide bonds. The maximum atomic E-state index is 13.4. The molecule has 0 aliphatic rings. The topological polar surface area (TPSA) is 101 Å². The molecule has 19 heavy (non-hydrogen) atoms. The molecule has 0 aliphatic heterocycles. The Morgan fingerprint density at radius 1 is 1.42 bits per heavy atom. The fourth-order valence-corrected chi connectivity index (χ4v) is 1.57. The van der Waals surface area contributed by atoms with Crippen LogP contribution in [0.3, 0.4) is 0 Å². The van der Waals surface area contributed by atoms with Gasteiger partial charge in [-0.3, -0.25) is 0 Å². The zero-order chi connectivity index (χ0) is 14.0. The number of nitro groups is 1. The second-order valence-corrected chi connectivity index (χ2v) is 3.68. The van der Waals surface area contributed by atoms with E-state index in [2.05, 4.69) is 5.10 Å². The van der Waals surface area contributed by atoms with Crippen LogP contribution in [0.4, 0.5) is 10.2 Å². The SMILES string of the molecule is O=C([O-])c1cc([N+](=O)[O-])nn1Cc1ccccc1F. The smallest absolute Gasteiger partial charge is 0.390 e. The van der Waals surface area contributed by atoms with E-state index in [0.717, 1.165) is 10.7 Å². The van der Waals surface area contributed by atoms with E-state index in [-0.39, 0.29) is 12.1 Å². The predicted molar refractivity (Wildman–Crippen MR) is 58.7 cm³/mol. The molecule has 0 aliphatic carbocycles. The van der Waals surface area contributed by atoms with Gasteiger partial charge in [-0.05, 0) is 11.0 Å². The monoisotopic (exact) mass is 264 g/mol. The summed E-state index contributed by atoms with van der Waals surface area (Å²) in [5.74, 6) is -2.79. The van der Waals surface area contributed by atoms with E-state index in [1.807, 2.05) is 0 Å².